The summed E-state index contributed by atoms with van der Waals surface area (Å²) in [6.45, 7) is 2.21. The van der Waals surface area contributed by atoms with Gasteiger partial charge in [-0.25, -0.2) is 4.79 Å². The largest absolute Gasteiger partial charge is 0.383 e. The maximum absolute atomic E-state index is 13.3. The van der Waals surface area contributed by atoms with Crippen molar-refractivity contribution < 1.29 is 4.79 Å². The van der Waals surface area contributed by atoms with Crippen LogP contribution < -0.4 is 21.9 Å². The molecule has 154 valence electrons. The molecule has 0 saturated carbocycles. The second-order valence-corrected chi connectivity index (χ2v) is 7.45. The Balaban J connectivity index is 1.75. The third-order valence-electron chi connectivity index (χ3n) is 5.57. The Hall–Kier alpha value is -3.61. The summed E-state index contributed by atoms with van der Waals surface area (Å²) >= 11 is 0. The molecule has 30 heavy (non-hydrogen) atoms. The maximum atomic E-state index is 13.3. The quantitative estimate of drug-likeness (QED) is 0.681. The van der Waals surface area contributed by atoms with Gasteiger partial charge in [-0.2, -0.15) is 0 Å². The van der Waals surface area contributed by atoms with Gasteiger partial charge >= 0.3 is 5.69 Å². The molecule has 7 heteroatoms. The molecule has 7 nitrogen and oxygen atoms in total. The topological polar surface area (TPSA) is 101 Å². The second kappa shape index (κ2) is 8.02. The molecule has 1 amide bonds. The molecular formula is C23H24N4O3. The zero-order chi connectivity index (χ0) is 21.3. The highest BCUT2D eigenvalue weighted by atomic mass is 16.2. The number of nitrogen functional groups attached to an aromatic ring is 1. The van der Waals surface area contributed by atoms with Crippen LogP contribution in [0.1, 0.15) is 40.4 Å². The van der Waals surface area contributed by atoms with Gasteiger partial charge in [-0.1, -0.05) is 36.4 Å². The van der Waals surface area contributed by atoms with Crippen molar-refractivity contribution in [2.45, 2.75) is 32.7 Å². The Labute approximate surface area is 173 Å². The summed E-state index contributed by atoms with van der Waals surface area (Å²) in [7, 11) is 0. The SMILES string of the molecule is CCN(C(=O)c1ccc2c(c1)CCC2)c1c(N)n(Cc2ccccc2)c(=O)[nH]c1=O. The van der Waals surface area contributed by atoms with Crippen molar-refractivity contribution in [3.8, 4) is 0 Å². The number of hydrogen-bond donors (Lipinski definition) is 2. The van der Waals surface area contributed by atoms with E-state index in [1.165, 1.54) is 20.6 Å². The summed E-state index contributed by atoms with van der Waals surface area (Å²) < 4.78 is 1.28. The molecule has 1 aliphatic carbocycles. The molecule has 0 atom stereocenters. The van der Waals surface area contributed by atoms with E-state index in [2.05, 4.69) is 4.98 Å². The lowest BCUT2D eigenvalue weighted by Crippen LogP contribution is -2.41. The van der Waals surface area contributed by atoms with Crippen LogP contribution in [0.2, 0.25) is 0 Å². The van der Waals surface area contributed by atoms with E-state index >= 15 is 0 Å². The highest BCUT2D eigenvalue weighted by molar-refractivity contribution is 6.07. The zero-order valence-electron chi connectivity index (χ0n) is 16.9. The number of anilines is 2. The third-order valence-corrected chi connectivity index (χ3v) is 5.57. The van der Waals surface area contributed by atoms with E-state index in [0.29, 0.717) is 5.56 Å². The van der Waals surface area contributed by atoms with Crippen molar-refractivity contribution >= 4 is 17.4 Å². The van der Waals surface area contributed by atoms with Gasteiger partial charge < -0.3 is 10.6 Å². The number of hydrogen-bond acceptors (Lipinski definition) is 4. The standard InChI is InChI=1S/C23H24N4O3/c1-2-26(22(29)18-12-11-16-9-6-10-17(16)13-18)19-20(24)27(23(30)25-21(19)28)14-15-7-4-3-5-8-15/h3-5,7-8,11-13H,2,6,9-10,14,24H2,1H3,(H,25,28,30). The number of carbonyl (C=O) groups excluding carboxylic acids is 1. The number of aromatic amines is 1. The molecule has 0 radical (unpaired) electrons. The van der Waals surface area contributed by atoms with Crippen LogP contribution in [-0.2, 0) is 19.4 Å². The monoisotopic (exact) mass is 404 g/mol. The van der Waals surface area contributed by atoms with E-state index < -0.39 is 11.2 Å². The van der Waals surface area contributed by atoms with Gasteiger partial charge in [0.25, 0.3) is 11.5 Å². The first-order valence-electron chi connectivity index (χ1n) is 10.1. The molecule has 1 heterocycles. The van der Waals surface area contributed by atoms with Crippen LogP contribution in [0.4, 0.5) is 11.5 Å². The number of nitrogens with zero attached hydrogens (tertiary/aromatic N) is 2. The molecule has 0 bridgehead atoms. The molecule has 1 aromatic heterocycles. The Kier molecular flexibility index (Phi) is 5.27. The van der Waals surface area contributed by atoms with Crippen LogP contribution in [0.5, 0.6) is 0 Å². The number of fused-ring (bicyclic) bond motifs is 1. The van der Waals surface area contributed by atoms with E-state index in [1.54, 1.807) is 13.0 Å². The fourth-order valence-electron chi connectivity index (χ4n) is 4.03. The van der Waals surface area contributed by atoms with Gasteiger partial charge in [0.15, 0.2) is 5.69 Å². The van der Waals surface area contributed by atoms with E-state index in [0.717, 1.165) is 24.8 Å². The molecule has 3 aromatic rings. The molecular weight excluding hydrogens is 380 g/mol. The summed E-state index contributed by atoms with van der Waals surface area (Å²) in [5.74, 6) is -0.335. The van der Waals surface area contributed by atoms with Crippen LogP contribution in [-0.4, -0.2) is 22.0 Å². The Bertz CT molecular complexity index is 1210. The van der Waals surface area contributed by atoms with Crippen LogP contribution in [0, 0.1) is 0 Å². The van der Waals surface area contributed by atoms with Crippen molar-refractivity contribution in [3.05, 3.63) is 91.6 Å². The smallest absolute Gasteiger partial charge is 0.330 e. The van der Waals surface area contributed by atoms with Crippen molar-refractivity contribution in [3.63, 3.8) is 0 Å². The number of nitrogens with one attached hydrogen (secondary N) is 1. The average molecular weight is 404 g/mol. The predicted molar refractivity (Wildman–Crippen MR) is 117 cm³/mol. The van der Waals surface area contributed by atoms with Gasteiger partial charge in [-0.3, -0.25) is 19.1 Å². The highest BCUT2D eigenvalue weighted by Gasteiger charge is 2.25. The van der Waals surface area contributed by atoms with Crippen molar-refractivity contribution in [2.75, 3.05) is 17.2 Å². The summed E-state index contributed by atoms with van der Waals surface area (Å²) in [6.07, 6.45) is 3.06. The predicted octanol–water partition coefficient (Wildman–Crippen LogP) is 2.32. The number of amides is 1. The minimum absolute atomic E-state index is 0.00136. The Morgan fingerprint density at radius 3 is 2.57 bits per heavy atom. The molecule has 0 saturated heterocycles. The third kappa shape index (κ3) is 3.54. The fourth-order valence-corrected chi connectivity index (χ4v) is 4.03. The lowest BCUT2D eigenvalue weighted by Gasteiger charge is -2.23. The molecule has 0 unspecified atom stereocenters. The van der Waals surface area contributed by atoms with Gasteiger partial charge in [0.05, 0.1) is 6.54 Å². The number of nitrogens with two attached hydrogens (primary N) is 1. The Morgan fingerprint density at radius 1 is 1.10 bits per heavy atom. The van der Waals surface area contributed by atoms with E-state index in [4.69, 9.17) is 5.73 Å². The molecule has 0 fully saturated rings. The average Bonchev–Trinajstić information content (AvgIpc) is 3.22. The van der Waals surface area contributed by atoms with Crippen LogP contribution in [0.15, 0.2) is 58.1 Å². The second-order valence-electron chi connectivity index (χ2n) is 7.45. The van der Waals surface area contributed by atoms with Gasteiger partial charge in [-0.15, -0.1) is 0 Å². The lowest BCUT2D eigenvalue weighted by atomic mass is 10.1. The Morgan fingerprint density at radius 2 is 1.83 bits per heavy atom. The van der Waals surface area contributed by atoms with Gasteiger partial charge in [0, 0.05) is 12.1 Å². The first-order chi connectivity index (χ1) is 14.5. The van der Waals surface area contributed by atoms with E-state index in [1.807, 2.05) is 42.5 Å². The number of rotatable bonds is 5. The van der Waals surface area contributed by atoms with Crippen LogP contribution in [0.3, 0.4) is 0 Å². The maximum Gasteiger partial charge on any atom is 0.330 e. The van der Waals surface area contributed by atoms with Crippen molar-refractivity contribution in [1.82, 2.24) is 9.55 Å². The molecule has 2 aromatic carbocycles. The molecule has 0 spiro atoms. The van der Waals surface area contributed by atoms with E-state index in [9.17, 15) is 14.4 Å². The van der Waals surface area contributed by atoms with Crippen molar-refractivity contribution in [1.29, 1.82) is 0 Å². The summed E-state index contributed by atoms with van der Waals surface area (Å²) in [5.41, 5.74) is 8.80. The number of aromatic nitrogens is 2. The first-order valence-corrected chi connectivity index (χ1v) is 10.1. The summed E-state index contributed by atoms with van der Waals surface area (Å²) in [5, 5.41) is 0. The normalized spacial score (nSPS) is 12.6. The fraction of sp³-hybridized carbons (Fsp3) is 0.261. The van der Waals surface area contributed by atoms with Gasteiger partial charge in [0.1, 0.15) is 5.82 Å². The number of aryl methyl sites for hydroxylation is 2. The van der Waals surface area contributed by atoms with Gasteiger partial charge in [-0.05, 0) is 55.0 Å². The number of benzene rings is 2. The molecule has 4 rings (SSSR count). The minimum atomic E-state index is -0.668. The molecule has 3 N–H and O–H groups in total. The molecule has 0 aliphatic heterocycles. The zero-order valence-corrected chi connectivity index (χ0v) is 16.9. The molecule has 1 aliphatic rings. The minimum Gasteiger partial charge on any atom is -0.383 e. The van der Waals surface area contributed by atoms with Crippen LogP contribution >= 0.6 is 0 Å². The summed E-state index contributed by atoms with van der Waals surface area (Å²) in [6, 6.07) is 15.0. The summed E-state index contributed by atoms with van der Waals surface area (Å²) in [4.78, 5) is 42.0. The van der Waals surface area contributed by atoms with Gasteiger partial charge in [0.2, 0.25) is 0 Å². The number of carbonyl (C=O) groups is 1. The van der Waals surface area contributed by atoms with Crippen molar-refractivity contribution in [2.24, 2.45) is 0 Å². The lowest BCUT2D eigenvalue weighted by molar-refractivity contribution is 0.0988. The number of H-pyrrole nitrogens is 1. The highest BCUT2D eigenvalue weighted by Crippen LogP contribution is 2.25. The first kappa shape index (κ1) is 19.7. The van der Waals surface area contributed by atoms with E-state index in [-0.39, 0.29) is 30.5 Å². The van der Waals surface area contributed by atoms with Crippen LogP contribution in [0.25, 0.3) is 0 Å².